The molecule has 0 unspecified atom stereocenters. The zero-order valence-electron chi connectivity index (χ0n) is 7.45. The molecule has 3 nitrogen and oxygen atoms in total. The zero-order chi connectivity index (χ0) is 8.97. The van der Waals surface area contributed by atoms with Gasteiger partial charge in [-0.1, -0.05) is 12.8 Å². The summed E-state index contributed by atoms with van der Waals surface area (Å²) in [5, 5.41) is 8.84. The molecule has 70 valence electrons. The molecule has 0 heterocycles. The Morgan fingerprint density at radius 3 is 2.58 bits per heavy atom. The van der Waals surface area contributed by atoms with Crippen molar-refractivity contribution < 1.29 is 14.6 Å². The Balaban J connectivity index is 2.45. The predicted molar refractivity (Wildman–Crippen MR) is 45.0 cm³/mol. The molecule has 1 N–H and O–H groups in total. The predicted octanol–water partition coefficient (Wildman–Crippen LogP) is 1.67. The van der Waals surface area contributed by atoms with E-state index < -0.39 is 12.1 Å². The minimum atomic E-state index is -0.802. The number of carboxylic acid groups (broad SMARTS) is 1. The number of hydrogen-bond donors (Lipinski definition) is 1. The maximum absolute atomic E-state index is 10.8. The highest BCUT2D eigenvalue weighted by atomic mass is 16.5. The number of hydrogen-bond acceptors (Lipinski definition) is 2. The molecular formula is C9H16O3. The molecule has 1 rings (SSSR count). The lowest BCUT2D eigenvalue weighted by Gasteiger charge is -2.18. The summed E-state index contributed by atoms with van der Waals surface area (Å²) in [7, 11) is 0. The van der Waals surface area contributed by atoms with Crippen molar-refractivity contribution in [3.05, 3.63) is 0 Å². The van der Waals surface area contributed by atoms with Crippen molar-refractivity contribution in [2.24, 2.45) is 5.92 Å². The van der Waals surface area contributed by atoms with Crippen LogP contribution in [0.2, 0.25) is 0 Å². The van der Waals surface area contributed by atoms with Crippen molar-refractivity contribution in [2.75, 3.05) is 6.61 Å². The molecule has 0 aliphatic heterocycles. The lowest BCUT2D eigenvalue weighted by Crippen LogP contribution is -2.30. The monoisotopic (exact) mass is 172 g/mol. The molecule has 12 heavy (non-hydrogen) atoms. The molecule has 0 saturated heterocycles. The topological polar surface area (TPSA) is 46.5 Å². The van der Waals surface area contributed by atoms with Crippen molar-refractivity contribution >= 4 is 5.97 Å². The van der Waals surface area contributed by atoms with Crippen LogP contribution in [0.1, 0.15) is 32.6 Å². The lowest BCUT2D eigenvalue weighted by atomic mass is 10.0. The Morgan fingerprint density at radius 1 is 1.58 bits per heavy atom. The van der Waals surface area contributed by atoms with Gasteiger partial charge in [0.2, 0.25) is 0 Å². The highest BCUT2D eigenvalue weighted by Gasteiger charge is 2.30. The zero-order valence-corrected chi connectivity index (χ0v) is 7.45. The summed E-state index contributed by atoms with van der Waals surface area (Å²) in [5.41, 5.74) is 0. The Morgan fingerprint density at radius 2 is 2.17 bits per heavy atom. The third-order valence-corrected chi connectivity index (χ3v) is 2.42. The molecule has 0 aromatic carbocycles. The second-order valence-electron chi connectivity index (χ2n) is 3.26. The van der Waals surface area contributed by atoms with E-state index in [9.17, 15) is 4.79 Å². The van der Waals surface area contributed by atoms with Gasteiger partial charge in [-0.3, -0.25) is 0 Å². The summed E-state index contributed by atoms with van der Waals surface area (Å²) in [6.07, 6.45) is 3.77. The van der Waals surface area contributed by atoms with Gasteiger partial charge in [-0.05, 0) is 25.7 Å². The molecule has 0 aromatic heterocycles. The quantitative estimate of drug-likeness (QED) is 0.701. The number of aliphatic carboxylic acids is 1. The van der Waals surface area contributed by atoms with E-state index in [2.05, 4.69) is 0 Å². The Hall–Kier alpha value is -0.570. The van der Waals surface area contributed by atoms with Crippen LogP contribution in [0, 0.1) is 5.92 Å². The van der Waals surface area contributed by atoms with Crippen LogP contribution in [0.25, 0.3) is 0 Å². The normalized spacial score (nSPS) is 21.1. The largest absolute Gasteiger partial charge is 0.479 e. The summed E-state index contributed by atoms with van der Waals surface area (Å²) in [5.74, 6) is -0.550. The fourth-order valence-electron chi connectivity index (χ4n) is 1.85. The van der Waals surface area contributed by atoms with Gasteiger partial charge in [0.1, 0.15) is 0 Å². The summed E-state index contributed by atoms with van der Waals surface area (Å²) in [4.78, 5) is 10.8. The Labute approximate surface area is 72.7 Å². The maximum atomic E-state index is 10.8. The van der Waals surface area contributed by atoms with Crippen molar-refractivity contribution in [1.82, 2.24) is 0 Å². The van der Waals surface area contributed by atoms with Crippen molar-refractivity contribution in [2.45, 2.75) is 38.7 Å². The van der Waals surface area contributed by atoms with Gasteiger partial charge in [-0.25, -0.2) is 4.79 Å². The van der Waals surface area contributed by atoms with Crippen LogP contribution in [0.4, 0.5) is 0 Å². The third-order valence-electron chi connectivity index (χ3n) is 2.42. The van der Waals surface area contributed by atoms with Crippen LogP contribution in [0.3, 0.4) is 0 Å². The minimum Gasteiger partial charge on any atom is -0.479 e. The number of rotatable bonds is 4. The maximum Gasteiger partial charge on any atom is 0.333 e. The van der Waals surface area contributed by atoms with E-state index in [1.165, 1.54) is 0 Å². The summed E-state index contributed by atoms with van der Waals surface area (Å²) in [6.45, 7) is 2.33. The molecule has 1 saturated carbocycles. The Bertz CT molecular complexity index is 150. The van der Waals surface area contributed by atoms with Gasteiger partial charge < -0.3 is 9.84 Å². The minimum absolute atomic E-state index is 0.252. The smallest absolute Gasteiger partial charge is 0.333 e. The van der Waals surface area contributed by atoms with Crippen LogP contribution in [-0.4, -0.2) is 23.8 Å². The van der Waals surface area contributed by atoms with Crippen molar-refractivity contribution in [3.63, 3.8) is 0 Å². The van der Waals surface area contributed by atoms with E-state index in [-0.39, 0.29) is 5.92 Å². The van der Waals surface area contributed by atoms with Gasteiger partial charge >= 0.3 is 5.97 Å². The number of carboxylic acids is 1. The van der Waals surface area contributed by atoms with Gasteiger partial charge in [0, 0.05) is 6.61 Å². The average molecular weight is 172 g/mol. The fourth-order valence-corrected chi connectivity index (χ4v) is 1.85. The molecule has 0 aromatic rings. The second kappa shape index (κ2) is 4.45. The SMILES string of the molecule is CCO[C@H](C(=O)O)C1CCCC1. The molecule has 1 aliphatic rings. The third kappa shape index (κ3) is 2.21. The molecule has 0 radical (unpaired) electrons. The number of ether oxygens (including phenoxy) is 1. The van der Waals surface area contributed by atoms with E-state index >= 15 is 0 Å². The van der Waals surface area contributed by atoms with Crippen LogP contribution in [-0.2, 0) is 9.53 Å². The van der Waals surface area contributed by atoms with E-state index in [1.807, 2.05) is 6.92 Å². The standard InChI is InChI=1S/C9H16O3/c1-2-12-8(9(10)11)7-5-3-4-6-7/h7-8H,2-6H2,1H3,(H,10,11)/t8-/m0/s1. The average Bonchev–Trinajstić information content (AvgIpc) is 2.51. The molecule has 1 aliphatic carbocycles. The molecule has 1 fully saturated rings. The van der Waals surface area contributed by atoms with E-state index in [1.54, 1.807) is 0 Å². The van der Waals surface area contributed by atoms with E-state index in [4.69, 9.17) is 9.84 Å². The second-order valence-corrected chi connectivity index (χ2v) is 3.26. The van der Waals surface area contributed by atoms with Gasteiger partial charge in [-0.15, -0.1) is 0 Å². The molecule has 0 spiro atoms. The molecular weight excluding hydrogens is 156 g/mol. The Kier molecular flexibility index (Phi) is 3.53. The summed E-state index contributed by atoms with van der Waals surface area (Å²) >= 11 is 0. The molecule has 0 bridgehead atoms. The van der Waals surface area contributed by atoms with Crippen LogP contribution >= 0.6 is 0 Å². The molecule has 0 amide bonds. The summed E-state index contributed by atoms with van der Waals surface area (Å²) in [6, 6.07) is 0. The van der Waals surface area contributed by atoms with Gasteiger partial charge in [-0.2, -0.15) is 0 Å². The summed E-state index contributed by atoms with van der Waals surface area (Å²) < 4.78 is 5.19. The van der Waals surface area contributed by atoms with Crippen LogP contribution in [0.15, 0.2) is 0 Å². The lowest BCUT2D eigenvalue weighted by molar-refractivity contribution is -0.153. The van der Waals surface area contributed by atoms with Crippen molar-refractivity contribution in [1.29, 1.82) is 0 Å². The first-order valence-corrected chi connectivity index (χ1v) is 4.60. The van der Waals surface area contributed by atoms with Gasteiger partial charge in [0.25, 0.3) is 0 Å². The van der Waals surface area contributed by atoms with Crippen LogP contribution in [0.5, 0.6) is 0 Å². The highest BCUT2D eigenvalue weighted by Crippen LogP contribution is 2.29. The van der Waals surface area contributed by atoms with Crippen LogP contribution < -0.4 is 0 Å². The first kappa shape index (κ1) is 9.52. The molecule has 3 heteroatoms. The van der Waals surface area contributed by atoms with E-state index in [0.29, 0.717) is 6.61 Å². The first-order valence-electron chi connectivity index (χ1n) is 4.60. The number of carbonyl (C=O) groups is 1. The van der Waals surface area contributed by atoms with E-state index in [0.717, 1.165) is 25.7 Å². The fraction of sp³-hybridized carbons (Fsp3) is 0.889. The van der Waals surface area contributed by atoms with Crippen molar-refractivity contribution in [3.8, 4) is 0 Å². The highest BCUT2D eigenvalue weighted by molar-refractivity contribution is 5.72. The van der Waals surface area contributed by atoms with Gasteiger partial charge in [0.15, 0.2) is 6.10 Å². The molecule has 1 atom stereocenters. The van der Waals surface area contributed by atoms with Gasteiger partial charge in [0.05, 0.1) is 0 Å². The first-order chi connectivity index (χ1) is 5.75.